The largest absolute Gasteiger partial charge is 0.493 e. The fourth-order valence-electron chi connectivity index (χ4n) is 3.13. The molecule has 10 nitrogen and oxygen atoms in total. The van der Waals surface area contributed by atoms with E-state index in [2.05, 4.69) is 30.0 Å². The minimum Gasteiger partial charge on any atom is -0.493 e. The lowest BCUT2D eigenvalue weighted by atomic mass is 10.2. The number of ether oxygens (including phenoxy) is 2. The Morgan fingerprint density at radius 1 is 1.00 bits per heavy atom. The molecule has 0 spiro atoms. The summed E-state index contributed by atoms with van der Waals surface area (Å²) in [5, 5.41) is 6.64. The second kappa shape index (κ2) is 11.3. The van der Waals surface area contributed by atoms with Crippen LogP contribution in [-0.2, 0) is 16.8 Å². The maximum atomic E-state index is 11.7. The lowest BCUT2D eigenvalue weighted by Gasteiger charge is -2.14. The maximum Gasteiger partial charge on any atom is 0.277 e. The molecule has 0 atom stereocenters. The predicted octanol–water partition coefficient (Wildman–Crippen LogP) is 3.89. The molecule has 0 radical (unpaired) electrons. The van der Waals surface area contributed by atoms with E-state index in [0.717, 1.165) is 22.5 Å². The van der Waals surface area contributed by atoms with Gasteiger partial charge >= 0.3 is 0 Å². The molecule has 0 aliphatic carbocycles. The predicted molar refractivity (Wildman–Crippen MR) is 134 cm³/mol. The van der Waals surface area contributed by atoms with E-state index >= 15 is 0 Å². The van der Waals surface area contributed by atoms with Gasteiger partial charge in [-0.15, -0.1) is 0 Å². The van der Waals surface area contributed by atoms with Gasteiger partial charge in [-0.25, -0.2) is 9.71 Å². The Morgan fingerprint density at radius 2 is 1.74 bits per heavy atom. The van der Waals surface area contributed by atoms with Crippen molar-refractivity contribution in [1.82, 2.24) is 19.4 Å². The number of methoxy groups -OCH3 is 2. The van der Waals surface area contributed by atoms with Crippen LogP contribution in [0.5, 0.6) is 11.5 Å². The number of aromatic nitrogens is 2. The summed E-state index contributed by atoms with van der Waals surface area (Å²) < 4.78 is 39.1. The topological polar surface area (TPSA) is 127 Å². The van der Waals surface area contributed by atoms with E-state index in [9.17, 15) is 8.42 Å². The van der Waals surface area contributed by atoms with Gasteiger partial charge < -0.3 is 20.1 Å². The van der Waals surface area contributed by atoms with Crippen molar-refractivity contribution in [2.24, 2.45) is 0 Å². The highest BCUT2D eigenvalue weighted by Gasteiger charge is 2.12. The van der Waals surface area contributed by atoms with Gasteiger partial charge in [-0.1, -0.05) is 30.7 Å². The van der Waals surface area contributed by atoms with Crippen molar-refractivity contribution in [3.63, 3.8) is 0 Å². The lowest BCUT2D eigenvalue weighted by Crippen LogP contribution is -2.35. The molecule has 0 amide bonds. The summed E-state index contributed by atoms with van der Waals surface area (Å²) in [7, 11) is -0.344. The molecule has 0 saturated heterocycles. The molecule has 0 saturated carbocycles. The standard InChI is InChI=1S/C22H27ClN6O4S/c1-5-25-34(30,31)26-12-15-6-8-16(9-7-15)27-21-18(23)13-24-22(29-21)28-17-10-14(2)20(33-4)19(11-17)32-3/h6-11,13,25-26H,5,12H2,1-4H3,(H2,24,27,28,29). The van der Waals surface area contributed by atoms with Gasteiger partial charge in [0.2, 0.25) is 5.95 Å². The van der Waals surface area contributed by atoms with Crippen LogP contribution >= 0.6 is 11.6 Å². The molecular formula is C22H27ClN6O4S. The Morgan fingerprint density at radius 3 is 2.38 bits per heavy atom. The third kappa shape index (κ3) is 6.70. The number of rotatable bonds is 11. The van der Waals surface area contributed by atoms with Crippen molar-refractivity contribution in [2.45, 2.75) is 20.4 Å². The van der Waals surface area contributed by atoms with Gasteiger partial charge in [0, 0.05) is 30.5 Å². The zero-order valence-corrected chi connectivity index (χ0v) is 20.8. The lowest BCUT2D eigenvalue weighted by molar-refractivity contribution is 0.353. The van der Waals surface area contributed by atoms with Crippen LogP contribution in [0, 0.1) is 6.92 Å². The number of nitrogens with zero attached hydrogens (tertiary/aromatic N) is 2. The van der Waals surface area contributed by atoms with Gasteiger partial charge in [0.05, 0.1) is 20.4 Å². The van der Waals surface area contributed by atoms with Crippen molar-refractivity contribution in [3.05, 3.63) is 58.7 Å². The highest BCUT2D eigenvalue weighted by Crippen LogP contribution is 2.35. The van der Waals surface area contributed by atoms with Gasteiger partial charge in [-0.3, -0.25) is 0 Å². The minimum atomic E-state index is -3.51. The number of hydrogen-bond acceptors (Lipinski definition) is 8. The molecule has 4 N–H and O–H groups in total. The van der Waals surface area contributed by atoms with E-state index in [1.165, 1.54) is 6.20 Å². The first-order valence-corrected chi connectivity index (χ1v) is 12.2. The van der Waals surface area contributed by atoms with Crippen molar-refractivity contribution >= 4 is 45.0 Å². The van der Waals surface area contributed by atoms with E-state index in [0.29, 0.717) is 34.8 Å². The smallest absolute Gasteiger partial charge is 0.277 e. The number of benzene rings is 2. The molecule has 1 aromatic heterocycles. The Hall–Kier alpha value is -3.12. The van der Waals surface area contributed by atoms with Crippen LogP contribution in [0.15, 0.2) is 42.6 Å². The molecule has 12 heteroatoms. The van der Waals surface area contributed by atoms with Crippen LogP contribution in [0.2, 0.25) is 5.02 Å². The van der Waals surface area contributed by atoms with E-state index in [1.54, 1.807) is 51.5 Å². The van der Waals surface area contributed by atoms with Gasteiger partial charge in [0.15, 0.2) is 17.3 Å². The minimum absolute atomic E-state index is 0.169. The molecular weight excluding hydrogens is 480 g/mol. The Bertz CT molecular complexity index is 1240. The summed E-state index contributed by atoms with van der Waals surface area (Å²) in [6, 6.07) is 10.9. The maximum absolute atomic E-state index is 11.7. The molecule has 2 aromatic carbocycles. The summed E-state index contributed by atoms with van der Waals surface area (Å²) in [5.74, 6) is 2.00. The highest BCUT2D eigenvalue weighted by atomic mass is 35.5. The van der Waals surface area contributed by atoms with Crippen molar-refractivity contribution in [3.8, 4) is 11.5 Å². The quantitative estimate of drug-likeness (QED) is 0.308. The molecule has 182 valence electrons. The number of anilines is 4. The molecule has 1 heterocycles. The van der Waals surface area contributed by atoms with Gasteiger partial charge in [0.1, 0.15) is 5.02 Å². The summed E-state index contributed by atoms with van der Waals surface area (Å²) in [4.78, 5) is 8.71. The second-order valence-corrected chi connectivity index (χ2v) is 9.18. The zero-order valence-electron chi connectivity index (χ0n) is 19.3. The van der Waals surface area contributed by atoms with Crippen LogP contribution in [0.1, 0.15) is 18.1 Å². The average Bonchev–Trinajstić information content (AvgIpc) is 2.80. The number of nitrogens with one attached hydrogen (secondary N) is 4. The normalized spacial score (nSPS) is 11.2. The fourth-order valence-corrected chi connectivity index (χ4v) is 4.11. The van der Waals surface area contributed by atoms with Gasteiger partial charge in [-0.2, -0.15) is 18.1 Å². The monoisotopic (exact) mass is 506 g/mol. The van der Waals surface area contributed by atoms with Crippen LogP contribution in [0.25, 0.3) is 0 Å². The van der Waals surface area contributed by atoms with E-state index in [4.69, 9.17) is 21.1 Å². The molecule has 3 rings (SSSR count). The number of hydrogen-bond donors (Lipinski definition) is 4. The van der Waals surface area contributed by atoms with Crippen molar-refractivity contribution in [1.29, 1.82) is 0 Å². The molecule has 34 heavy (non-hydrogen) atoms. The van der Waals surface area contributed by atoms with E-state index in [1.807, 2.05) is 13.0 Å². The highest BCUT2D eigenvalue weighted by molar-refractivity contribution is 7.87. The van der Waals surface area contributed by atoms with Gasteiger partial charge in [0.25, 0.3) is 10.2 Å². The number of aryl methyl sites for hydroxylation is 1. The summed E-state index contributed by atoms with van der Waals surface area (Å²) in [5.41, 5.74) is 3.15. The molecule has 0 fully saturated rings. The molecule has 0 bridgehead atoms. The van der Waals surface area contributed by atoms with Crippen LogP contribution < -0.4 is 29.6 Å². The van der Waals surface area contributed by atoms with E-state index in [-0.39, 0.29) is 6.54 Å². The van der Waals surface area contributed by atoms with Crippen molar-refractivity contribution < 1.29 is 17.9 Å². The number of halogens is 1. The van der Waals surface area contributed by atoms with Crippen molar-refractivity contribution in [2.75, 3.05) is 31.4 Å². The van der Waals surface area contributed by atoms with Crippen LogP contribution in [0.4, 0.5) is 23.1 Å². The first-order valence-electron chi connectivity index (χ1n) is 10.4. The van der Waals surface area contributed by atoms with E-state index < -0.39 is 10.2 Å². The summed E-state index contributed by atoms with van der Waals surface area (Å²) >= 11 is 6.29. The second-order valence-electron chi connectivity index (χ2n) is 7.19. The molecule has 0 aliphatic rings. The summed E-state index contributed by atoms with van der Waals surface area (Å²) in [6.07, 6.45) is 1.50. The van der Waals surface area contributed by atoms with Crippen LogP contribution in [-0.4, -0.2) is 39.2 Å². The zero-order chi connectivity index (χ0) is 24.7. The first kappa shape index (κ1) is 25.5. The molecule has 0 unspecified atom stereocenters. The first-order chi connectivity index (χ1) is 16.2. The van der Waals surface area contributed by atoms with Gasteiger partial charge in [-0.05, 0) is 36.2 Å². The Kier molecular flexibility index (Phi) is 8.51. The third-order valence-electron chi connectivity index (χ3n) is 4.68. The molecule has 0 aliphatic heterocycles. The average molecular weight is 507 g/mol. The van der Waals surface area contributed by atoms with Crippen LogP contribution in [0.3, 0.4) is 0 Å². The SMILES string of the molecule is CCNS(=O)(=O)NCc1ccc(Nc2nc(Nc3cc(C)c(OC)c(OC)c3)ncc2Cl)cc1. The molecule has 3 aromatic rings. The fraction of sp³-hybridized carbons (Fsp3) is 0.273. The summed E-state index contributed by atoms with van der Waals surface area (Å²) in [6.45, 7) is 4.12. The Labute approximate surface area is 204 Å². The Balaban J connectivity index is 1.72. The third-order valence-corrected chi connectivity index (χ3v) is 6.15.